The lowest BCUT2D eigenvalue weighted by Crippen LogP contribution is -2.60. The molecule has 3 aliphatic rings. The molecule has 2 atom stereocenters. The van der Waals surface area contributed by atoms with Crippen LogP contribution >= 0.6 is 0 Å². The zero-order valence-corrected chi connectivity index (χ0v) is 12.2. The van der Waals surface area contributed by atoms with E-state index in [1.807, 2.05) is 0 Å². The maximum absolute atomic E-state index is 12.2. The molecule has 6 heteroatoms. The van der Waals surface area contributed by atoms with Crippen molar-refractivity contribution in [3.8, 4) is 0 Å². The van der Waals surface area contributed by atoms with Gasteiger partial charge < -0.3 is 10.1 Å². The van der Waals surface area contributed by atoms with E-state index in [2.05, 4.69) is 10.0 Å². The summed E-state index contributed by atoms with van der Waals surface area (Å²) in [5, 5.41) is 3.56. The van der Waals surface area contributed by atoms with E-state index in [0.717, 1.165) is 32.2 Å². The van der Waals surface area contributed by atoms with Gasteiger partial charge in [0.2, 0.25) is 10.0 Å². The molecule has 0 amide bonds. The lowest BCUT2D eigenvalue weighted by Gasteiger charge is -2.48. The lowest BCUT2D eigenvalue weighted by atomic mass is 9.70. The number of nitrogens with one attached hydrogen (secondary N) is 2. The van der Waals surface area contributed by atoms with Gasteiger partial charge in [-0.2, -0.15) is 0 Å². The van der Waals surface area contributed by atoms with Gasteiger partial charge >= 0.3 is 0 Å². The third-order valence-electron chi connectivity index (χ3n) is 4.72. The van der Waals surface area contributed by atoms with Crippen molar-refractivity contribution in [2.45, 2.75) is 62.6 Å². The van der Waals surface area contributed by atoms with Gasteiger partial charge in [-0.05, 0) is 51.5 Å². The van der Waals surface area contributed by atoms with Gasteiger partial charge in [0.05, 0.1) is 11.9 Å². The van der Waals surface area contributed by atoms with Crippen LogP contribution in [0.1, 0.15) is 44.9 Å². The molecule has 0 bridgehead atoms. The van der Waals surface area contributed by atoms with Crippen LogP contribution < -0.4 is 10.0 Å². The average Bonchev–Trinajstić information content (AvgIpc) is 2.78. The van der Waals surface area contributed by atoms with Crippen LogP contribution in [0.5, 0.6) is 0 Å². The van der Waals surface area contributed by atoms with Gasteiger partial charge in [0.25, 0.3) is 0 Å². The molecule has 0 aromatic carbocycles. The molecule has 2 saturated heterocycles. The van der Waals surface area contributed by atoms with Gasteiger partial charge in [-0.15, -0.1) is 0 Å². The molecule has 1 saturated carbocycles. The van der Waals surface area contributed by atoms with Crippen LogP contribution in [0, 0.1) is 0 Å². The van der Waals surface area contributed by atoms with Crippen LogP contribution in [0.2, 0.25) is 0 Å². The van der Waals surface area contributed by atoms with E-state index in [4.69, 9.17) is 4.74 Å². The first kappa shape index (κ1) is 13.8. The standard InChI is InChI=1S/C13H24N2O3S/c16-19(17,10-12-3-1-8-18-12)15-11-4-7-14-13(9-11)5-2-6-13/h11-12,14-15H,1-10H2. The molecule has 110 valence electrons. The predicted octanol–water partition coefficient (Wildman–Crippen LogP) is 0.760. The summed E-state index contributed by atoms with van der Waals surface area (Å²) < 4.78 is 32.6. The Balaban J connectivity index is 1.54. The minimum atomic E-state index is -3.20. The summed E-state index contributed by atoms with van der Waals surface area (Å²) in [5.41, 5.74) is 0.231. The first-order valence-electron chi connectivity index (χ1n) is 7.44. The topological polar surface area (TPSA) is 67.4 Å². The van der Waals surface area contributed by atoms with Crippen LogP contribution in [-0.4, -0.2) is 45.0 Å². The van der Waals surface area contributed by atoms with Gasteiger partial charge in [0.1, 0.15) is 0 Å². The maximum atomic E-state index is 12.2. The Labute approximate surface area is 115 Å². The van der Waals surface area contributed by atoms with E-state index in [1.54, 1.807) is 0 Å². The fraction of sp³-hybridized carbons (Fsp3) is 1.00. The van der Waals surface area contributed by atoms with Crippen molar-refractivity contribution < 1.29 is 13.2 Å². The van der Waals surface area contributed by atoms with E-state index in [9.17, 15) is 8.42 Å². The molecule has 1 aliphatic carbocycles. The molecule has 2 heterocycles. The Kier molecular flexibility index (Phi) is 3.86. The predicted molar refractivity (Wildman–Crippen MR) is 73.5 cm³/mol. The SMILES string of the molecule is O=S(=O)(CC1CCCO1)NC1CCNC2(CCC2)C1. The minimum Gasteiger partial charge on any atom is -0.377 e. The van der Waals surface area contributed by atoms with Crippen molar-refractivity contribution in [3.05, 3.63) is 0 Å². The molecule has 2 aliphatic heterocycles. The Hall–Kier alpha value is -0.170. The lowest BCUT2D eigenvalue weighted by molar-refractivity contribution is 0.123. The van der Waals surface area contributed by atoms with Gasteiger partial charge in [0.15, 0.2) is 0 Å². The summed E-state index contributed by atoms with van der Waals surface area (Å²) in [6.45, 7) is 1.63. The molecule has 0 aromatic heterocycles. The van der Waals surface area contributed by atoms with E-state index < -0.39 is 10.0 Å². The highest BCUT2D eigenvalue weighted by Crippen LogP contribution is 2.38. The molecule has 5 nitrogen and oxygen atoms in total. The molecule has 0 aromatic rings. The summed E-state index contributed by atoms with van der Waals surface area (Å²) in [6.07, 6.45) is 7.24. The number of rotatable bonds is 4. The normalized spacial score (nSPS) is 34.3. The second-order valence-electron chi connectivity index (χ2n) is 6.28. The van der Waals surface area contributed by atoms with Crippen molar-refractivity contribution in [3.63, 3.8) is 0 Å². The van der Waals surface area contributed by atoms with Crippen molar-refractivity contribution >= 4 is 10.0 Å². The van der Waals surface area contributed by atoms with Crippen molar-refractivity contribution in [2.24, 2.45) is 0 Å². The van der Waals surface area contributed by atoms with Crippen LogP contribution in [0.3, 0.4) is 0 Å². The van der Waals surface area contributed by atoms with Gasteiger partial charge in [0, 0.05) is 18.2 Å². The summed E-state index contributed by atoms with van der Waals surface area (Å²) >= 11 is 0. The smallest absolute Gasteiger partial charge is 0.214 e. The highest BCUT2D eigenvalue weighted by atomic mass is 32.2. The highest BCUT2D eigenvalue weighted by Gasteiger charge is 2.41. The number of hydrogen-bond acceptors (Lipinski definition) is 4. The molecule has 3 rings (SSSR count). The largest absolute Gasteiger partial charge is 0.377 e. The van der Waals surface area contributed by atoms with Crippen LogP contribution in [0.15, 0.2) is 0 Å². The van der Waals surface area contributed by atoms with Crippen LogP contribution in [-0.2, 0) is 14.8 Å². The third kappa shape index (κ3) is 3.29. The average molecular weight is 288 g/mol. The molecule has 1 spiro atoms. The number of sulfonamides is 1. The Morgan fingerprint density at radius 1 is 1.26 bits per heavy atom. The zero-order chi connectivity index (χ0) is 13.3. The Morgan fingerprint density at radius 3 is 2.74 bits per heavy atom. The van der Waals surface area contributed by atoms with E-state index in [1.165, 1.54) is 19.3 Å². The van der Waals surface area contributed by atoms with E-state index in [0.29, 0.717) is 6.61 Å². The van der Waals surface area contributed by atoms with Gasteiger partial charge in [-0.3, -0.25) is 0 Å². The molecule has 3 fully saturated rings. The summed E-state index contributed by atoms with van der Waals surface area (Å²) in [7, 11) is -3.20. The monoisotopic (exact) mass is 288 g/mol. The minimum absolute atomic E-state index is 0.100. The van der Waals surface area contributed by atoms with Crippen LogP contribution in [0.4, 0.5) is 0 Å². The third-order valence-corrected chi connectivity index (χ3v) is 6.22. The Bertz CT molecular complexity index is 414. The molecule has 19 heavy (non-hydrogen) atoms. The second-order valence-corrected chi connectivity index (χ2v) is 8.08. The van der Waals surface area contributed by atoms with Crippen LogP contribution in [0.25, 0.3) is 0 Å². The first-order chi connectivity index (χ1) is 9.07. The molecular weight excluding hydrogens is 264 g/mol. The zero-order valence-electron chi connectivity index (χ0n) is 11.4. The van der Waals surface area contributed by atoms with Gasteiger partial charge in [-0.1, -0.05) is 0 Å². The second kappa shape index (κ2) is 5.31. The fourth-order valence-corrected chi connectivity index (χ4v) is 5.12. The molecule has 2 N–H and O–H groups in total. The number of ether oxygens (including phenoxy) is 1. The summed E-state index contributed by atoms with van der Waals surface area (Å²) in [5.74, 6) is 0.129. The highest BCUT2D eigenvalue weighted by molar-refractivity contribution is 7.89. The molecule has 2 unspecified atom stereocenters. The molecule has 0 radical (unpaired) electrons. The molecular formula is C13H24N2O3S. The van der Waals surface area contributed by atoms with Crippen molar-refractivity contribution in [1.29, 1.82) is 0 Å². The fourth-order valence-electron chi connectivity index (χ4n) is 3.57. The van der Waals surface area contributed by atoms with Crippen molar-refractivity contribution in [1.82, 2.24) is 10.0 Å². The quantitative estimate of drug-likeness (QED) is 0.801. The van der Waals surface area contributed by atoms with E-state index in [-0.39, 0.29) is 23.4 Å². The summed E-state index contributed by atoms with van der Waals surface area (Å²) in [6, 6.07) is 0.105. The number of hydrogen-bond donors (Lipinski definition) is 2. The number of piperidine rings is 1. The van der Waals surface area contributed by atoms with Crippen molar-refractivity contribution in [2.75, 3.05) is 18.9 Å². The van der Waals surface area contributed by atoms with Gasteiger partial charge in [-0.25, -0.2) is 13.1 Å². The summed E-state index contributed by atoms with van der Waals surface area (Å²) in [4.78, 5) is 0. The maximum Gasteiger partial charge on any atom is 0.214 e. The van der Waals surface area contributed by atoms with E-state index >= 15 is 0 Å². The first-order valence-corrected chi connectivity index (χ1v) is 9.09. The Morgan fingerprint density at radius 2 is 2.11 bits per heavy atom.